The van der Waals surface area contributed by atoms with E-state index >= 15 is 0 Å². The van der Waals surface area contributed by atoms with Gasteiger partial charge in [-0.15, -0.1) is 0 Å². The van der Waals surface area contributed by atoms with Crippen LogP contribution in [-0.4, -0.2) is 21.0 Å². The number of hydrogen-bond acceptors (Lipinski definition) is 4. The minimum absolute atomic E-state index is 0.292. The molecule has 1 aromatic rings. The van der Waals surface area contributed by atoms with Crippen molar-refractivity contribution in [3.63, 3.8) is 0 Å². The lowest BCUT2D eigenvalue weighted by atomic mass is 9.86. The van der Waals surface area contributed by atoms with Crippen molar-refractivity contribution in [2.75, 3.05) is 0 Å². The van der Waals surface area contributed by atoms with Crippen LogP contribution < -0.4 is 0 Å². The minimum Gasteiger partial charge on any atom is -0.481 e. The molecule has 15 heavy (non-hydrogen) atoms. The fourth-order valence-corrected chi connectivity index (χ4v) is 0.987. The first-order valence-corrected chi connectivity index (χ1v) is 4.20. The Kier molecular flexibility index (Phi) is 2.69. The molecule has 1 aromatic heterocycles. The second-order valence-corrected chi connectivity index (χ2v) is 3.59. The maximum atomic E-state index is 10.9. The summed E-state index contributed by atoms with van der Waals surface area (Å²) in [6, 6.07) is 2.60. The first-order chi connectivity index (χ1) is 6.85. The monoisotopic (exact) mass is 210 g/mol. The van der Waals surface area contributed by atoms with Crippen LogP contribution in [0.3, 0.4) is 0 Å². The normalized spacial score (nSPS) is 11.1. The molecule has 0 aliphatic carbocycles. The molecule has 1 heterocycles. The van der Waals surface area contributed by atoms with Crippen molar-refractivity contribution in [1.29, 1.82) is 0 Å². The molecule has 0 atom stereocenters. The third-order valence-corrected chi connectivity index (χ3v) is 2.19. The molecule has 0 unspecified atom stereocenters. The number of nitro groups is 1. The van der Waals surface area contributed by atoms with Crippen molar-refractivity contribution in [2.45, 2.75) is 19.3 Å². The molecule has 0 saturated heterocycles. The molecule has 0 bridgehead atoms. The van der Waals surface area contributed by atoms with E-state index in [2.05, 4.69) is 4.98 Å². The highest BCUT2D eigenvalue weighted by atomic mass is 16.6. The molecule has 0 aromatic carbocycles. The van der Waals surface area contributed by atoms with Crippen molar-refractivity contribution in [1.82, 2.24) is 4.98 Å². The molecule has 6 heteroatoms. The van der Waals surface area contributed by atoms with Crippen LogP contribution in [0.4, 0.5) is 5.82 Å². The Hall–Kier alpha value is -1.98. The van der Waals surface area contributed by atoms with E-state index in [0.717, 1.165) is 0 Å². The van der Waals surface area contributed by atoms with Crippen molar-refractivity contribution >= 4 is 11.8 Å². The van der Waals surface area contributed by atoms with Crippen LogP contribution in [0.5, 0.6) is 0 Å². The van der Waals surface area contributed by atoms with Crippen LogP contribution in [-0.2, 0) is 10.2 Å². The molecular formula is C9H10N2O4. The van der Waals surface area contributed by atoms with E-state index < -0.39 is 16.3 Å². The first-order valence-electron chi connectivity index (χ1n) is 4.20. The van der Waals surface area contributed by atoms with Gasteiger partial charge in [-0.2, -0.15) is 0 Å². The van der Waals surface area contributed by atoms with E-state index in [1.54, 1.807) is 0 Å². The summed E-state index contributed by atoms with van der Waals surface area (Å²) in [5, 5.41) is 19.2. The van der Waals surface area contributed by atoms with Gasteiger partial charge in [0, 0.05) is 11.6 Å². The lowest BCUT2D eigenvalue weighted by Crippen LogP contribution is -2.28. The van der Waals surface area contributed by atoms with Crippen LogP contribution in [0.15, 0.2) is 18.3 Å². The number of aliphatic carboxylic acids is 1. The SMILES string of the molecule is CC(C)(C(=O)O)c1ccc([N+](=O)[O-])nc1. The van der Waals surface area contributed by atoms with Gasteiger partial charge in [-0.3, -0.25) is 4.79 Å². The maximum absolute atomic E-state index is 10.9. The largest absolute Gasteiger partial charge is 0.481 e. The Labute approximate surface area is 85.7 Å². The lowest BCUT2D eigenvalue weighted by Gasteiger charge is -2.17. The molecular weight excluding hydrogens is 200 g/mol. The van der Waals surface area contributed by atoms with Gasteiger partial charge in [-0.25, -0.2) is 0 Å². The number of pyridine rings is 1. The number of rotatable bonds is 3. The molecule has 1 N–H and O–H groups in total. The Morgan fingerprint density at radius 2 is 2.13 bits per heavy atom. The summed E-state index contributed by atoms with van der Waals surface area (Å²) in [5.41, 5.74) is -0.664. The van der Waals surface area contributed by atoms with E-state index in [1.807, 2.05) is 0 Å². The van der Waals surface area contributed by atoms with E-state index in [4.69, 9.17) is 5.11 Å². The summed E-state index contributed by atoms with van der Waals surface area (Å²) in [6.07, 6.45) is 1.21. The topological polar surface area (TPSA) is 93.3 Å². The van der Waals surface area contributed by atoms with E-state index in [0.29, 0.717) is 5.56 Å². The zero-order valence-corrected chi connectivity index (χ0v) is 8.30. The number of hydrogen-bond donors (Lipinski definition) is 1. The zero-order chi connectivity index (χ0) is 11.6. The fourth-order valence-electron chi connectivity index (χ4n) is 0.987. The van der Waals surface area contributed by atoms with Crippen LogP contribution >= 0.6 is 0 Å². The van der Waals surface area contributed by atoms with Crippen molar-refractivity contribution < 1.29 is 14.8 Å². The number of carboxylic acids is 1. The van der Waals surface area contributed by atoms with E-state index in [-0.39, 0.29) is 5.82 Å². The average Bonchev–Trinajstić information content (AvgIpc) is 2.17. The van der Waals surface area contributed by atoms with Crippen LogP contribution in [0.1, 0.15) is 19.4 Å². The van der Waals surface area contributed by atoms with Crippen LogP contribution in [0.25, 0.3) is 0 Å². The van der Waals surface area contributed by atoms with Crippen LogP contribution in [0, 0.1) is 10.1 Å². The average molecular weight is 210 g/mol. The predicted molar refractivity (Wildman–Crippen MR) is 51.6 cm³/mol. The molecule has 1 rings (SSSR count). The summed E-state index contributed by atoms with van der Waals surface area (Å²) in [5.74, 6) is -1.29. The smallest absolute Gasteiger partial charge is 0.363 e. The minimum atomic E-state index is -1.10. The molecule has 80 valence electrons. The molecule has 0 fully saturated rings. The Morgan fingerprint density at radius 1 is 1.53 bits per heavy atom. The number of carbonyl (C=O) groups is 1. The number of aromatic nitrogens is 1. The van der Waals surface area contributed by atoms with Gasteiger partial charge in [0.05, 0.1) is 5.41 Å². The predicted octanol–water partition coefficient (Wildman–Crippen LogP) is 1.35. The third kappa shape index (κ3) is 2.09. The zero-order valence-electron chi connectivity index (χ0n) is 8.30. The van der Waals surface area contributed by atoms with E-state index in [1.165, 1.54) is 32.2 Å². The molecule has 0 aliphatic rings. The highest BCUT2D eigenvalue weighted by Crippen LogP contribution is 2.23. The summed E-state index contributed by atoms with van der Waals surface area (Å²) >= 11 is 0. The fraction of sp³-hybridized carbons (Fsp3) is 0.333. The molecule has 6 nitrogen and oxygen atoms in total. The summed E-state index contributed by atoms with van der Waals surface area (Å²) in [6.45, 7) is 3.02. The van der Waals surface area contributed by atoms with Crippen LogP contribution in [0.2, 0.25) is 0 Å². The summed E-state index contributed by atoms with van der Waals surface area (Å²) < 4.78 is 0. The van der Waals surface area contributed by atoms with E-state index in [9.17, 15) is 14.9 Å². The van der Waals surface area contributed by atoms with Gasteiger partial charge in [0.15, 0.2) is 0 Å². The van der Waals surface area contributed by atoms with Gasteiger partial charge in [0.1, 0.15) is 6.20 Å². The van der Waals surface area contributed by atoms with Gasteiger partial charge in [-0.1, -0.05) is 0 Å². The standard InChI is InChI=1S/C9H10N2O4/c1-9(2,8(12)13)6-3-4-7(10-5-6)11(14)15/h3-5H,1-2H3,(H,12,13). The Bertz CT molecular complexity index is 397. The Morgan fingerprint density at radius 3 is 2.47 bits per heavy atom. The number of carboxylic acid groups (broad SMARTS) is 1. The van der Waals surface area contributed by atoms with Crippen molar-refractivity contribution in [3.8, 4) is 0 Å². The first kappa shape index (κ1) is 11.1. The Balaban J connectivity index is 3.09. The van der Waals surface area contributed by atoms with Gasteiger partial charge in [-0.05, 0) is 29.8 Å². The van der Waals surface area contributed by atoms with Gasteiger partial charge < -0.3 is 15.2 Å². The third-order valence-electron chi connectivity index (χ3n) is 2.19. The highest BCUT2D eigenvalue weighted by Gasteiger charge is 2.31. The van der Waals surface area contributed by atoms with Gasteiger partial charge >= 0.3 is 11.8 Å². The summed E-state index contributed by atoms with van der Waals surface area (Å²) in [4.78, 5) is 24.1. The quantitative estimate of drug-likeness (QED) is 0.600. The highest BCUT2D eigenvalue weighted by molar-refractivity contribution is 5.80. The maximum Gasteiger partial charge on any atom is 0.363 e. The lowest BCUT2D eigenvalue weighted by molar-refractivity contribution is -0.389. The van der Waals surface area contributed by atoms with Crippen molar-refractivity contribution in [3.05, 3.63) is 34.0 Å². The second-order valence-electron chi connectivity index (χ2n) is 3.59. The van der Waals surface area contributed by atoms with Gasteiger partial charge in [0.2, 0.25) is 0 Å². The molecule has 0 amide bonds. The molecule has 0 spiro atoms. The van der Waals surface area contributed by atoms with Crippen molar-refractivity contribution in [2.24, 2.45) is 0 Å². The molecule has 0 saturated carbocycles. The molecule has 0 radical (unpaired) electrons. The molecule has 0 aliphatic heterocycles. The summed E-state index contributed by atoms with van der Waals surface area (Å²) in [7, 11) is 0. The second kappa shape index (κ2) is 3.64. The number of nitrogens with zero attached hydrogens (tertiary/aromatic N) is 2. The van der Waals surface area contributed by atoms with Gasteiger partial charge in [0.25, 0.3) is 0 Å².